The Balaban J connectivity index is 2.54. The van der Waals surface area contributed by atoms with Gasteiger partial charge in [0.05, 0.1) is 12.6 Å². The van der Waals surface area contributed by atoms with Crippen LogP contribution in [0.5, 0.6) is 0 Å². The number of carbonyl (C=O) groups excluding carboxylic acids is 1. The summed E-state index contributed by atoms with van der Waals surface area (Å²) >= 11 is 0. The summed E-state index contributed by atoms with van der Waals surface area (Å²) in [6.07, 6.45) is -3.06. The molecule has 0 aromatic rings. The molecule has 1 rings (SSSR count). The molecule has 6 heteroatoms. The molecule has 1 aliphatic rings. The lowest BCUT2D eigenvalue weighted by Gasteiger charge is -2.36. The number of rotatable bonds is 2. The first-order chi connectivity index (χ1) is 6.56. The highest BCUT2D eigenvalue weighted by Gasteiger charge is 2.38. The van der Waals surface area contributed by atoms with Crippen molar-refractivity contribution in [2.75, 3.05) is 13.7 Å². The highest BCUT2D eigenvalue weighted by atomic mass is 16.7. The van der Waals surface area contributed by atoms with Gasteiger partial charge in [0.15, 0.2) is 6.29 Å². The smallest absolute Gasteiger partial charge is 0.217 e. The fourth-order valence-corrected chi connectivity index (χ4v) is 1.39. The van der Waals surface area contributed by atoms with Gasteiger partial charge >= 0.3 is 0 Å². The van der Waals surface area contributed by atoms with Gasteiger partial charge in [0.25, 0.3) is 0 Å². The molecule has 1 heterocycles. The normalized spacial score (nSPS) is 38.0. The molecule has 14 heavy (non-hydrogen) atoms. The zero-order valence-electron chi connectivity index (χ0n) is 8.14. The van der Waals surface area contributed by atoms with Crippen LogP contribution >= 0.6 is 0 Å². The predicted octanol–water partition coefficient (Wildman–Crippen LogP) is -1.78. The van der Waals surface area contributed by atoms with Crippen molar-refractivity contribution in [3.63, 3.8) is 0 Å². The predicted molar refractivity (Wildman–Crippen MR) is 46.4 cm³/mol. The molecule has 1 amide bonds. The number of hydrogen-bond acceptors (Lipinski definition) is 5. The van der Waals surface area contributed by atoms with E-state index >= 15 is 0 Å². The van der Waals surface area contributed by atoms with Crippen LogP contribution in [-0.2, 0) is 14.3 Å². The zero-order chi connectivity index (χ0) is 10.7. The molecule has 3 N–H and O–H groups in total. The third-order valence-corrected chi connectivity index (χ3v) is 2.10. The number of amides is 1. The molecule has 0 saturated carbocycles. The molecular weight excluding hydrogens is 190 g/mol. The second kappa shape index (κ2) is 4.70. The standard InChI is InChI=1S/C8H15NO5/c1-4(10)9-5-3-14-8(13-2)7(12)6(5)11/h5-8,11-12H,3H2,1-2H3,(H,9,10)/t5-,6+,7-,8+/m1/s1. The second-order valence-electron chi connectivity index (χ2n) is 3.23. The molecule has 0 aliphatic carbocycles. The first-order valence-electron chi connectivity index (χ1n) is 4.34. The van der Waals surface area contributed by atoms with Gasteiger partial charge in [0.2, 0.25) is 5.91 Å². The number of methoxy groups -OCH3 is 1. The number of nitrogens with one attached hydrogen (secondary N) is 1. The van der Waals surface area contributed by atoms with Crippen molar-refractivity contribution in [3.05, 3.63) is 0 Å². The van der Waals surface area contributed by atoms with Gasteiger partial charge in [-0.25, -0.2) is 0 Å². The summed E-state index contributed by atoms with van der Waals surface area (Å²) in [5, 5.41) is 21.5. The first kappa shape index (κ1) is 11.4. The van der Waals surface area contributed by atoms with Crippen molar-refractivity contribution in [2.24, 2.45) is 0 Å². The minimum absolute atomic E-state index is 0.121. The van der Waals surface area contributed by atoms with Crippen LogP contribution in [0.2, 0.25) is 0 Å². The van der Waals surface area contributed by atoms with E-state index < -0.39 is 24.5 Å². The minimum Gasteiger partial charge on any atom is -0.388 e. The van der Waals surface area contributed by atoms with Crippen LogP contribution in [0.25, 0.3) is 0 Å². The Morgan fingerprint density at radius 1 is 1.50 bits per heavy atom. The Labute approximate surface area is 81.8 Å². The summed E-state index contributed by atoms with van der Waals surface area (Å²) in [6.45, 7) is 1.46. The average Bonchev–Trinajstić information content (AvgIpc) is 2.13. The molecule has 0 radical (unpaired) electrons. The summed E-state index contributed by atoms with van der Waals surface area (Å²) in [5.41, 5.74) is 0. The molecule has 1 fully saturated rings. The molecular formula is C8H15NO5. The molecule has 0 aromatic carbocycles. The van der Waals surface area contributed by atoms with Crippen molar-refractivity contribution in [3.8, 4) is 0 Å². The third-order valence-electron chi connectivity index (χ3n) is 2.10. The molecule has 0 bridgehead atoms. The molecule has 6 nitrogen and oxygen atoms in total. The van der Waals surface area contributed by atoms with Crippen molar-refractivity contribution in [2.45, 2.75) is 31.5 Å². The molecule has 1 saturated heterocycles. The van der Waals surface area contributed by atoms with E-state index in [1.54, 1.807) is 0 Å². The fraction of sp³-hybridized carbons (Fsp3) is 0.875. The highest BCUT2D eigenvalue weighted by molar-refractivity contribution is 5.73. The number of hydrogen-bond donors (Lipinski definition) is 3. The SMILES string of the molecule is CO[C@H]1OC[C@@H](NC(C)=O)[C@H](O)[C@H]1O. The van der Waals surface area contributed by atoms with Crippen molar-refractivity contribution >= 4 is 5.91 Å². The van der Waals surface area contributed by atoms with Crippen LogP contribution in [-0.4, -0.2) is 54.4 Å². The molecule has 1 aliphatic heterocycles. The first-order valence-corrected chi connectivity index (χ1v) is 4.34. The monoisotopic (exact) mass is 205 g/mol. The summed E-state index contributed by atoms with van der Waals surface area (Å²) < 4.78 is 9.86. The summed E-state index contributed by atoms with van der Waals surface area (Å²) in [4.78, 5) is 10.7. The highest BCUT2D eigenvalue weighted by Crippen LogP contribution is 2.15. The largest absolute Gasteiger partial charge is 0.388 e. The van der Waals surface area contributed by atoms with Gasteiger partial charge in [0.1, 0.15) is 12.2 Å². The van der Waals surface area contributed by atoms with Crippen molar-refractivity contribution in [1.29, 1.82) is 0 Å². The van der Waals surface area contributed by atoms with Crippen LogP contribution < -0.4 is 5.32 Å². The molecule has 0 unspecified atom stereocenters. The second-order valence-corrected chi connectivity index (χ2v) is 3.23. The van der Waals surface area contributed by atoms with Gasteiger partial charge in [-0.15, -0.1) is 0 Å². The lowest BCUT2D eigenvalue weighted by molar-refractivity contribution is -0.240. The molecule has 0 spiro atoms. The number of aliphatic hydroxyl groups excluding tert-OH is 2. The molecule has 4 atom stereocenters. The number of ether oxygens (including phenoxy) is 2. The van der Waals surface area contributed by atoms with Crippen LogP contribution in [0.3, 0.4) is 0 Å². The Bertz CT molecular complexity index is 210. The maximum absolute atomic E-state index is 10.7. The zero-order valence-corrected chi connectivity index (χ0v) is 8.14. The van der Waals surface area contributed by atoms with Gasteiger partial charge < -0.3 is 25.0 Å². The van der Waals surface area contributed by atoms with E-state index in [0.29, 0.717) is 0 Å². The summed E-state index contributed by atoms with van der Waals surface area (Å²) in [7, 11) is 1.37. The van der Waals surface area contributed by atoms with Crippen LogP contribution in [0.4, 0.5) is 0 Å². The maximum atomic E-state index is 10.7. The Morgan fingerprint density at radius 3 is 2.64 bits per heavy atom. The van der Waals surface area contributed by atoms with Crippen LogP contribution in [0.1, 0.15) is 6.92 Å². The lowest BCUT2D eigenvalue weighted by atomic mass is 10.0. The van der Waals surface area contributed by atoms with E-state index in [0.717, 1.165) is 0 Å². The Hall–Kier alpha value is -0.690. The van der Waals surface area contributed by atoms with Gasteiger partial charge in [-0.05, 0) is 0 Å². The summed E-state index contributed by atoms with van der Waals surface area (Å²) in [6, 6.07) is -0.589. The van der Waals surface area contributed by atoms with Gasteiger partial charge in [-0.2, -0.15) is 0 Å². The van der Waals surface area contributed by atoms with Gasteiger partial charge in [-0.3, -0.25) is 4.79 Å². The Kier molecular flexibility index (Phi) is 3.82. The van der Waals surface area contributed by atoms with Gasteiger partial charge in [0, 0.05) is 14.0 Å². The average molecular weight is 205 g/mol. The fourth-order valence-electron chi connectivity index (χ4n) is 1.39. The van der Waals surface area contributed by atoms with E-state index in [4.69, 9.17) is 9.47 Å². The quantitative estimate of drug-likeness (QED) is 0.496. The van der Waals surface area contributed by atoms with Crippen molar-refractivity contribution < 1.29 is 24.5 Å². The van der Waals surface area contributed by atoms with Crippen LogP contribution in [0, 0.1) is 0 Å². The number of carbonyl (C=O) groups is 1. The molecule has 0 aromatic heterocycles. The van der Waals surface area contributed by atoms with Gasteiger partial charge in [-0.1, -0.05) is 0 Å². The minimum atomic E-state index is -1.15. The molecule has 82 valence electrons. The van der Waals surface area contributed by atoms with E-state index in [2.05, 4.69) is 5.32 Å². The maximum Gasteiger partial charge on any atom is 0.217 e. The van der Waals surface area contributed by atoms with E-state index in [-0.39, 0.29) is 12.5 Å². The Morgan fingerprint density at radius 2 is 2.14 bits per heavy atom. The topological polar surface area (TPSA) is 88.0 Å². The van der Waals surface area contributed by atoms with E-state index in [1.165, 1.54) is 14.0 Å². The van der Waals surface area contributed by atoms with E-state index in [9.17, 15) is 15.0 Å². The van der Waals surface area contributed by atoms with Crippen molar-refractivity contribution in [1.82, 2.24) is 5.32 Å². The lowest BCUT2D eigenvalue weighted by Crippen LogP contribution is -2.59. The van der Waals surface area contributed by atoms with E-state index in [1.807, 2.05) is 0 Å². The number of aliphatic hydroxyl groups is 2. The van der Waals surface area contributed by atoms with Crippen LogP contribution in [0.15, 0.2) is 0 Å². The summed E-state index contributed by atoms with van der Waals surface area (Å²) in [5.74, 6) is -0.277. The third kappa shape index (κ3) is 2.42.